The molecule has 1 atom stereocenters. The highest BCUT2D eigenvalue weighted by Gasteiger charge is 2.28. The predicted octanol–water partition coefficient (Wildman–Crippen LogP) is 3.98. The van der Waals surface area contributed by atoms with Crippen LogP contribution in [0, 0.1) is 11.3 Å². The number of rotatable bonds is 4. The van der Waals surface area contributed by atoms with E-state index in [1.54, 1.807) is 6.07 Å². The van der Waals surface area contributed by atoms with Crippen LogP contribution in [0.2, 0.25) is 5.02 Å². The monoisotopic (exact) mass is 367 g/mol. The van der Waals surface area contributed by atoms with Crippen LogP contribution in [0.4, 0.5) is 11.5 Å². The summed E-state index contributed by atoms with van der Waals surface area (Å²) in [4.78, 5) is 13.8. The van der Waals surface area contributed by atoms with Gasteiger partial charge in [0.05, 0.1) is 11.6 Å². The van der Waals surface area contributed by atoms with Crippen molar-refractivity contribution in [3.05, 3.63) is 46.9 Å². The highest BCUT2D eigenvalue weighted by Crippen LogP contribution is 2.38. The second kappa shape index (κ2) is 7.13. The Labute approximate surface area is 159 Å². The zero-order chi connectivity index (χ0) is 18.1. The van der Waals surface area contributed by atoms with Crippen molar-refractivity contribution in [1.82, 2.24) is 9.97 Å². The van der Waals surface area contributed by atoms with E-state index in [-0.39, 0.29) is 0 Å². The van der Waals surface area contributed by atoms with Gasteiger partial charge in [0, 0.05) is 49.0 Å². The molecule has 0 radical (unpaired) electrons. The highest BCUT2D eigenvalue weighted by atomic mass is 35.5. The number of aromatic nitrogens is 2. The third kappa shape index (κ3) is 3.61. The molecule has 5 nitrogen and oxygen atoms in total. The van der Waals surface area contributed by atoms with E-state index in [4.69, 9.17) is 16.6 Å². The Balaban J connectivity index is 1.52. The van der Waals surface area contributed by atoms with Gasteiger partial charge in [-0.15, -0.1) is 0 Å². The second-order valence-corrected chi connectivity index (χ2v) is 7.65. The normalized spacial score (nSPS) is 19.9. The third-order valence-electron chi connectivity index (χ3n) is 5.28. The summed E-state index contributed by atoms with van der Waals surface area (Å²) in [6, 6.07) is 10.1. The highest BCUT2D eigenvalue weighted by molar-refractivity contribution is 6.31. The van der Waals surface area contributed by atoms with Gasteiger partial charge in [0.15, 0.2) is 0 Å². The molecule has 1 aliphatic carbocycles. The lowest BCUT2D eigenvalue weighted by Gasteiger charge is -2.39. The molecule has 2 aromatic rings. The SMILES string of the molecule is CN(c1ccnc(C2CC2)n1)C1CCCN(c2cc(Cl)cc(C#N)c2)C1. The maximum absolute atomic E-state index is 9.20. The quantitative estimate of drug-likeness (QED) is 0.817. The smallest absolute Gasteiger partial charge is 0.133 e. The molecule has 1 aliphatic heterocycles. The lowest BCUT2D eigenvalue weighted by atomic mass is 10.0. The van der Waals surface area contributed by atoms with E-state index in [2.05, 4.69) is 27.9 Å². The molecule has 4 rings (SSSR count). The minimum atomic E-state index is 0.371. The van der Waals surface area contributed by atoms with Gasteiger partial charge < -0.3 is 9.80 Å². The molecule has 0 bridgehead atoms. The number of nitrogens with zero attached hydrogens (tertiary/aromatic N) is 5. The first-order chi connectivity index (χ1) is 12.6. The maximum atomic E-state index is 9.20. The average molecular weight is 368 g/mol. The number of benzene rings is 1. The van der Waals surface area contributed by atoms with Crippen molar-refractivity contribution >= 4 is 23.1 Å². The van der Waals surface area contributed by atoms with Crippen molar-refractivity contribution in [2.45, 2.75) is 37.6 Å². The molecule has 0 amide bonds. The van der Waals surface area contributed by atoms with Gasteiger partial charge in [0.25, 0.3) is 0 Å². The molecular formula is C20H22ClN5. The first-order valence-electron chi connectivity index (χ1n) is 9.15. The van der Waals surface area contributed by atoms with Crippen LogP contribution in [0.5, 0.6) is 0 Å². The van der Waals surface area contributed by atoms with Crippen LogP contribution in [-0.4, -0.2) is 36.1 Å². The van der Waals surface area contributed by atoms with Crippen LogP contribution < -0.4 is 9.80 Å². The number of hydrogen-bond donors (Lipinski definition) is 0. The van der Waals surface area contributed by atoms with Gasteiger partial charge in [-0.25, -0.2) is 9.97 Å². The third-order valence-corrected chi connectivity index (χ3v) is 5.50. The van der Waals surface area contributed by atoms with Gasteiger partial charge in [0.1, 0.15) is 11.6 Å². The summed E-state index contributed by atoms with van der Waals surface area (Å²) in [5, 5.41) is 9.81. The molecule has 1 unspecified atom stereocenters. The number of nitriles is 1. The average Bonchev–Trinajstić information content (AvgIpc) is 3.52. The van der Waals surface area contributed by atoms with Gasteiger partial charge >= 0.3 is 0 Å². The molecule has 2 aliphatic rings. The Bertz CT molecular complexity index is 842. The minimum Gasteiger partial charge on any atom is -0.369 e. The van der Waals surface area contributed by atoms with Crippen molar-refractivity contribution < 1.29 is 0 Å². The zero-order valence-corrected chi connectivity index (χ0v) is 15.7. The molecule has 1 aromatic carbocycles. The molecule has 0 spiro atoms. The van der Waals surface area contributed by atoms with E-state index in [0.29, 0.717) is 22.5 Å². The van der Waals surface area contributed by atoms with Crippen LogP contribution in [0.1, 0.15) is 43.0 Å². The Hall–Kier alpha value is -2.32. The molecule has 1 saturated heterocycles. The Kier molecular flexibility index (Phi) is 4.69. The summed E-state index contributed by atoms with van der Waals surface area (Å²) in [6.45, 7) is 1.87. The van der Waals surface area contributed by atoms with E-state index >= 15 is 0 Å². The van der Waals surface area contributed by atoms with Crippen molar-refractivity contribution in [3.8, 4) is 6.07 Å². The number of halogens is 1. The summed E-state index contributed by atoms with van der Waals surface area (Å²) in [5.41, 5.74) is 1.63. The van der Waals surface area contributed by atoms with E-state index in [1.807, 2.05) is 24.4 Å². The minimum absolute atomic E-state index is 0.371. The zero-order valence-electron chi connectivity index (χ0n) is 14.9. The van der Waals surface area contributed by atoms with Crippen molar-refractivity contribution in [2.24, 2.45) is 0 Å². The fraction of sp³-hybridized carbons (Fsp3) is 0.450. The summed E-state index contributed by atoms with van der Waals surface area (Å²) in [6.07, 6.45) is 6.52. The standard InChI is InChI=1S/C20H22ClN5/c1-25(19-6-7-23-20(24-19)15-4-5-15)17-3-2-8-26(13-17)18-10-14(12-22)9-16(21)11-18/h6-7,9-11,15,17H,2-5,8,13H2,1H3. The molecule has 2 fully saturated rings. The van der Waals surface area contributed by atoms with Gasteiger partial charge in [0.2, 0.25) is 0 Å². The van der Waals surface area contributed by atoms with Crippen LogP contribution >= 0.6 is 11.6 Å². The van der Waals surface area contributed by atoms with Crippen LogP contribution in [0.3, 0.4) is 0 Å². The number of anilines is 2. The molecule has 0 N–H and O–H groups in total. The lowest BCUT2D eigenvalue weighted by molar-refractivity contribution is 0.485. The van der Waals surface area contributed by atoms with Crippen molar-refractivity contribution in [2.75, 3.05) is 29.9 Å². The maximum Gasteiger partial charge on any atom is 0.133 e. The fourth-order valence-corrected chi connectivity index (χ4v) is 3.84. The van der Waals surface area contributed by atoms with E-state index in [9.17, 15) is 5.26 Å². The first kappa shape index (κ1) is 17.1. The number of likely N-dealkylation sites (N-methyl/N-ethyl adjacent to an activating group) is 1. The first-order valence-corrected chi connectivity index (χ1v) is 9.53. The van der Waals surface area contributed by atoms with Crippen LogP contribution in [0.15, 0.2) is 30.5 Å². The lowest BCUT2D eigenvalue weighted by Crippen LogP contribution is -2.47. The van der Waals surface area contributed by atoms with Crippen LogP contribution in [0.25, 0.3) is 0 Å². The second-order valence-electron chi connectivity index (χ2n) is 7.21. The van der Waals surface area contributed by atoms with E-state index in [1.165, 1.54) is 12.8 Å². The predicted molar refractivity (Wildman–Crippen MR) is 104 cm³/mol. The molecule has 26 heavy (non-hydrogen) atoms. The van der Waals surface area contributed by atoms with Gasteiger partial charge in [-0.3, -0.25) is 0 Å². The van der Waals surface area contributed by atoms with Gasteiger partial charge in [-0.1, -0.05) is 11.6 Å². The van der Waals surface area contributed by atoms with E-state index in [0.717, 1.165) is 43.3 Å². The van der Waals surface area contributed by atoms with Gasteiger partial charge in [-0.05, 0) is 49.9 Å². The largest absolute Gasteiger partial charge is 0.369 e. The summed E-state index contributed by atoms with van der Waals surface area (Å²) in [5.74, 6) is 2.54. The van der Waals surface area contributed by atoms with E-state index < -0.39 is 0 Å². The summed E-state index contributed by atoms with van der Waals surface area (Å²) < 4.78 is 0. The molecule has 1 saturated carbocycles. The van der Waals surface area contributed by atoms with Crippen molar-refractivity contribution in [1.29, 1.82) is 5.26 Å². The number of hydrogen-bond acceptors (Lipinski definition) is 5. The molecule has 6 heteroatoms. The topological polar surface area (TPSA) is 56.1 Å². The van der Waals surface area contributed by atoms with Crippen LogP contribution in [-0.2, 0) is 0 Å². The van der Waals surface area contributed by atoms with Crippen molar-refractivity contribution in [3.63, 3.8) is 0 Å². The summed E-state index contributed by atoms with van der Waals surface area (Å²) in [7, 11) is 2.12. The Morgan fingerprint density at radius 3 is 2.88 bits per heavy atom. The Morgan fingerprint density at radius 2 is 2.12 bits per heavy atom. The molecule has 2 heterocycles. The molecule has 1 aromatic heterocycles. The molecule has 134 valence electrons. The summed E-state index contributed by atoms with van der Waals surface area (Å²) >= 11 is 6.19. The molecular weight excluding hydrogens is 346 g/mol. The number of piperidine rings is 1. The Morgan fingerprint density at radius 1 is 1.27 bits per heavy atom. The van der Waals surface area contributed by atoms with Gasteiger partial charge in [-0.2, -0.15) is 5.26 Å². The fourth-order valence-electron chi connectivity index (χ4n) is 3.61.